The fourth-order valence-corrected chi connectivity index (χ4v) is 0.161. The van der Waals surface area contributed by atoms with Gasteiger partial charge in [-0.05, 0) is 0 Å². The van der Waals surface area contributed by atoms with Gasteiger partial charge in [-0.3, -0.25) is 4.79 Å². The number of carbonyl (C=O) groups is 1. The van der Waals surface area contributed by atoms with Crippen LogP contribution < -0.4 is 0 Å². The Balaban J connectivity index is 0. The van der Waals surface area contributed by atoms with Gasteiger partial charge < -0.3 is 0 Å². The Morgan fingerprint density at radius 3 is 1.00 bits per heavy atom. The second-order valence-corrected chi connectivity index (χ2v) is 1.32. The van der Waals surface area contributed by atoms with E-state index in [4.69, 9.17) is 0 Å². The number of hydrogen-bond donors (Lipinski definition) is 0. The summed E-state index contributed by atoms with van der Waals surface area (Å²) in [4.78, 5) is 9.24. The maximum absolute atomic E-state index is 10.9. The van der Waals surface area contributed by atoms with E-state index in [0.29, 0.717) is 0 Å². The number of carbonyl (C=O) groups excluding carboxylic acids is 1. The maximum atomic E-state index is 10.9. The first-order chi connectivity index (χ1) is 4.15. The third kappa shape index (κ3) is 4.65. The quantitative estimate of drug-likeness (QED) is 0.411. The Kier molecular flexibility index (Phi) is 4.74. The van der Waals surface area contributed by atoms with Gasteiger partial charge in [-0.15, -0.1) is 0 Å². The Bertz CT molecular complexity index is 129. The van der Waals surface area contributed by atoms with Gasteiger partial charge in [0.2, 0.25) is 0 Å². The van der Waals surface area contributed by atoms with Crippen molar-refractivity contribution in [2.24, 2.45) is 0 Å². The van der Waals surface area contributed by atoms with Gasteiger partial charge in [-0.1, -0.05) is 0 Å². The number of hydrogen-bond acceptors (Lipinski definition) is 1. The van der Waals surface area contributed by atoms with Crippen LogP contribution in [-0.4, -0.2) is 47.7 Å². The van der Waals surface area contributed by atoms with E-state index < -0.39 is 18.1 Å². The van der Waals surface area contributed by atoms with Crippen molar-refractivity contribution in [3.8, 4) is 0 Å². The molecule has 1 nitrogen and oxygen atoms in total. The van der Waals surface area contributed by atoms with Crippen LogP contribution in [0.15, 0.2) is 0 Å². The minimum atomic E-state index is -5.82. The van der Waals surface area contributed by atoms with Crippen molar-refractivity contribution in [1.29, 1.82) is 0 Å². The molecule has 11 heavy (non-hydrogen) atoms. The second kappa shape index (κ2) is 3.77. The summed E-state index contributed by atoms with van der Waals surface area (Å²) in [7, 11) is 0. The summed E-state index contributed by atoms with van der Waals surface area (Å²) >= 11 is 0. The summed E-state index contributed by atoms with van der Waals surface area (Å²) in [6.07, 6.45) is -11.6. The van der Waals surface area contributed by atoms with Crippen LogP contribution in [0.4, 0.5) is 26.3 Å². The Hall–Kier alpha value is 0.250. The van der Waals surface area contributed by atoms with E-state index in [9.17, 15) is 31.1 Å². The minimum absolute atomic E-state index is 0. The van der Waals surface area contributed by atoms with Crippen molar-refractivity contribution in [1.82, 2.24) is 0 Å². The summed E-state index contributed by atoms with van der Waals surface area (Å²) < 4.78 is 65.3. The van der Waals surface area contributed by atoms with Crippen LogP contribution in [0.1, 0.15) is 0 Å². The molecule has 0 amide bonds. The number of rotatable bonds is 0. The van der Waals surface area contributed by atoms with E-state index in [2.05, 4.69) is 0 Å². The predicted octanol–water partition coefficient (Wildman–Crippen LogP) is 1.03. The molecule has 0 aromatic rings. The average Bonchev–Trinajstić information content (AvgIpc) is 1.59. The molecule has 0 aliphatic rings. The van der Waals surface area contributed by atoms with Crippen LogP contribution in [0, 0.1) is 0 Å². The van der Waals surface area contributed by atoms with Crippen molar-refractivity contribution in [2.45, 2.75) is 12.4 Å². The van der Waals surface area contributed by atoms with E-state index in [0.717, 1.165) is 0 Å². The number of alkyl halides is 6. The van der Waals surface area contributed by atoms with Gasteiger partial charge in [0.05, 0.1) is 0 Å². The van der Waals surface area contributed by atoms with Crippen LogP contribution in [0.5, 0.6) is 0 Å². The number of Topliss-reactive ketones (excluding diaryl/α,β-unsaturated/α-hetero) is 1. The topological polar surface area (TPSA) is 17.1 Å². The molecule has 0 aromatic carbocycles. The van der Waals surface area contributed by atoms with Crippen LogP contribution in [0.2, 0.25) is 0 Å². The zero-order valence-electron chi connectivity index (χ0n) is 4.18. The van der Waals surface area contributed by atoms with Crippen molar-refractivity contribution < 1.29 is 31.1 Å². The van der Waals surface area contributed by atoms with Crippen molar-refractivity contribution in [2.75, 3.05) is 0 Å². The molecular formula is C3HF6NaO. The average molecular weight is 190 g/mol. The Morgan fingerprint density at radius 2 is 1.00 bits per heavy atom. The fourth-order valence-electron chi connectivity index (χ4n) is 0.161. The first-order valence-electron chi connectivity index (χ1n) is 1.84. The first kappa shape index (κ1) is 13.8. The molecule has 8 heteroatoms. The summed E-state index contributed by atoms with van der Waals surface area (Å²) in [5.41, 5.74) is 0. The van der Waals surface area contributed by atoms with Gasteiger partial charge in [0.15, 0.2) is 0 Å². The van der Waals surface area contributed by atoms with Gasteiger partial charge >= 0.3 is 47.7 Å². The van der Waals surface area contributed by atoms with E-state index in [-0.39, 0.29) is 29.6 Å². The van der Waals surface area contributed by atoms with E-state index in [1.165, 1.54) is 0 Å². The molecule has 0 unspecified atom stereocenters. The molecule has 0 atom stereocenters. The van der Waals surface area contributed by atoms with Crippen LogP contribution in [0.3, 0.4) is 0 Å². The van der Waals surface area contributed by atoms with E-state index >= 15 is 0 Å². The normalized spacial score (nSPS) is 12.2. The van der Waals surface area contributed by atoms with Gasteiger partial charge in [-0.2, -0.15) is 26.3 Å². The number of ketones is 1. The molecular weight excluding hydrogens is 189 g/mol. The van der Waals surface area contributed by atoms with Crippen molar-refractivity contribution in [3.05, 3.63) is 0 Å². The van der Waals surface area contributed by atoms with Gasteiger partial charge in [-0.25, -0.2) is 0 Å². The van der Waals surface area contributed by atoms with E-state index in [1.807, 2.05) is 0 Å². The molecule has 0 aliphatic heterocycles. The monoisotopic (exact) mass is 190 g/mol. The third-order valence-electron chi connectivity index (χ3n) is 0.515. The molecule has 62 valence electrons. The molecule has 0 aromatic heterocycles. The summed E-state index contributed by atoms with van der Waals surface area (Å²) in [5.74, 6) is -3.68. The zero-order valence-corrected chi connectivity index (χ0v) is 4.18. The van der Waals surface area contributed by atoms with Crippen LogP contribution in [-0.2, 0) is 4.79 Å². The second-order valence-electron chi connectivity index (χ2n) is 1.32. The molecule has 0 saturated carbocycles. The molecule has 0 bridgehead atoms. The molecule has 0 radical (unpaired) electrons. The standard InChI is InChI=1S/C3F6O.Na.H/c4-2(5,6)1(10)3(7,8)9;;. The zero-order chi connectivity index (χ0) is 8.58. The number of halogens is 6. The Morgan fingerprint density at radius 1 is 0.818 bits per heavy atom. The fraction of sp³-hybridized carbons (Fsp3) is 0.667. The molecule has 0 heterocycles. The summed E-state index contributed by atoms with van der Waals surface area (Å²) in [5, 5.41) is 0. The Labute approximate surface area is 79.0 Å². The third-order valence-corrected chi connectivity index (χ3v) is 0.515. The SMILES string of the molecule is O=C(C(F)(F)F)C(F)(F)F.[NaH]. The first-order valence-corrected chi connectivity index (χ1v) is 1.84. The molecule has 0 spiro atoms. The van der Waals surface area contributed by atoms with Gasteiger partial charge in [0.25, 0.3) is 0 Å². The van der Waals surface area contributed by atoms with Gasteiger partial charge in [0.1, 0.15) is 0 Å². The summed E-state index contributed by atoms with van der Waals surface area (Å²) in [6.45, 7) is 0. The predicted molar refractivity (Wildman–Crippen MR) is 24.3 cm³/mol. The molecule has 0 rings (SSSR count). The van der Waals surface area contributed by atoms with Crippen molar-refractivity contribution in [3.63, 3.8) is 0 Å². The van der Waals surface area contributed by atoms with Crippen LogP contribution >= 0.6 is 0 Å². The van der Waals surface area contributed by atoms with Crippen molar-refractivity contribution >= 4 is 35.3 Å². The summed E-state index contributed by atoms with van der Waals surface area (Å²) in [6, 6.07) is 0. The molecule has 0 aliphatic carbocycles. The molecule has 0 fully saturated rings. The van der Waals surface area contributed by atoms with Crippen LogP contribution in [0.25, 0.3) is 0 Å². The molecule has 0 saturated heterocycles. The molecule has 0 N–H and O–H groups in total. The van der Waals surface area contributed by atoms with Gasteiger partial charge in [0, 0.05) is 0 Å². The van der Waals surface area contributed by atoms with E-state index in [1.54, 1.807) is 0 Å².